The summed E-state index contributed by atoms with van der Waals surface area (Å²) in [5.74, 6) is -0.0110. The van der Waals surface area contributed by atoms with E-state index in [4.69, 9.17) is 0 Å². The van der Waals surface area contributed by atoms with Gasteiger partial charge >= 0.3 is 0 Å². The van der Waals surface area contributed by atoms with Crippen LogP contribution >= 0.6 is 0 Å². The first-order valence-electron chi connectivity index (χ1n) is 11.3. The predicted molar refractivity (Wildman–Crippen MR) is 125 cm³/mol. The van der Waals surface area contributed by atoms with Gasteiger partial charge < -0.3 is 4.90 Å². The molecule has 2 aromatic rings. The number of amides is 2. The molecule has 0 radical (unpaired) electrons. The summed E-state index contributed by atoms with van der Waals surface area (Å²) < 4.78 is 1.94. The van der Waals surface area contributed by atoms with E-state index in [1.807, 2.05) is 46.8 Å². The summed E-state index contributed by atoms with van der Waals surface area (Å²) in [5, 5.41) is 4.69. The molecule has 6 nitrogen and oxygen atoms in total. The summed E-state index contributed by atoms with van der Waals surface area (Å²) in [5.41, 5.74) is 2.99. The van der Waals surface area contributed by atoms with Crippen molar-refractivity contribution in [3.8, 4) is 0 Å². The van der Waals surface area contributed by atoms with E-state index in [2.05, 4.69) is 39.7 Å². The Morgan fingerprint density at radius 2 is 1.68 bits per heavy atom. The van der Waals surface area contributed by atoms with E-state index < -0.39 is 0 Å². The quantitative estimate of drug-likeness (QED) is 0.697. The minimum Gasteiger partial charge on any atom is -0.341 e. The van der Waals surface area contributed by atoms with Crippen molar-refractivity contribution < 1.29 is 9.59 Å². The molecule has 2 amide bonds. The van der Waals surface area contributed by atoms with Gasteiger partial charge in [0.1, 0.15) is 6.54 Å². The molecule has 0 N–H and O–H groups in total. The zero-order valence-electron chi connectivity index (χ0n) is 19.8. The first-order chi connectivity index (χ1) is 14.6. The Morgan fingerprint density at radius 1 is 1.06 bits per heavy atom. The number of aryl methyl sites for hydroxylation is 1. The van der Waals surface area contributed by atoms with Crippen LogP contribution < -0.4 is 4.90 Å². The molecule has 1 saturated heterocycles. The zero-order valence-corrected chi connectivity index (χ0v) is 19.8. The minimum absolute atomic E-state index is 0.00652. The predicted octanol–water partition coefficient (Wildman–Crippen LogP) is 4.73. The van der Waals surface area contributed by atoms with Crippen LogP contribution in [0.2, 0.25) is 0 Å². The van der Waals surface area contributed by atoms with Crippen LogP contribution in [-0.4, -0.2) is 46.1 Å². The summed E-state index contributed by atoms with van der Waals surface area (Å²) in [6, 6.07) is 9.62. The van der Waals surface area contributed by atoms with E-state index in [0.717, 1.165) is 49.3 Å². The fraction of sp³-hybridized carbons (Fsp3) is 0.560. The van der Waals surface area contributed by atoms with E-state index in [1.54, 1.807) is 4.90 Å². The average molecular weight is 425 g/mol. The number of carbonyl (C=O) groups excluding carboxylic acids is 2. The number of likely N-dealkylation sites (tertiary alicyclic amines) is 1. The number of anilines is 1. The molecule has 0 spiro atoms. The molecule has 0 aliphatic carbocycles. The van der Waals surface area contributed by atoms with Gasteiger partial charge in [0.2, 0.25) is 5.91 Å². The maximum absolute atomic E-state index is 13.6. The molecule has 1 aromatic carbocycles. The molecule has 6 heteroatoms. The molecule has 2 heterocycles. The van der Waals surface area contributed by atoms with Crippen molar-refractivity contribution in [1.29, 1.82) is 0 Å². The molecule has 0 saturated carbocycles. The normalized spacial score (nSPS) is 14.7. The Morgan fingerprint density at radius 3 is 2.19 bits per heavy atom. The molecule has 1 aromatic heterocycles. The van der Waals surface area contributed by atoms with E-state index in [-0.39, 0.29) is 29.8 Å². The van der Waals surface area contributed by atoms with Crippen molar-refractivity contribution in [3.63, 3.8) is 0 Å². The van der Waals surface area contributed by atoms with Gasteiger partial charge in [0.25, 0.3) is 5.91 Å². The van der Waals surface area contributed by atoms with Gasteiger partial charge in [-0.25, -0.2) is 0 Å². The van der Waals surface area contributed by atoms with E-state index >= 15 is 0 Å². The Bertz CT molecular complexity index is 916. The highest BCUT2D eigenvalue weighted by molar-refractivity contribution is 6.07. The Balaban J connectivity index is 1.96. The van der Waals surface area contributed by atoms with E-state index in [0.29, 0.717) is 5.69 Å². The third-order valence-electron chi connectivity index (χ3n) is 5.78. The van der Waals surface area contributed by atoms with Crippen molar-refractivity contribution >= 4 is 17.5 Å². The minimum atomic E-state index is -0.240. The van der Waals surface area contributed by atoms with Gasteiger partial charge in [0, 0.05) is 24.5 Å². The summed E-state index contributed by atoms with van der Waals surface area (Å²) in [6.45, 7) is 14.0. The summed E-state index contributed by atoms with van der Waals surface area (Å²) in [6.07, 6.45) is 3.21. The Labute approximate surface area is 186 Å². The van der Waals surface area contributed by atoms with Gasteiger partial charge in [-0.05, 0) is 71.1 Å². The number of hydrogen-bond acceptors (Lipinski definition) is 3. The topological polar surface area (TPSA) is 58.4 Å². The van der Waals surface area contributed by atoms with Crippen molar-refractivity contribution in [3.05, 3.63) is 47.3 Å². The summed E-state index contributed by atoms with van der Waals surface area (Å²) in [7, 11) is 0. The number of nitrogens with zero attached hydrogens (tertiary/aromatic N) is 4. The fourth-order valence-corrected chi connectivity index (χ4v) is 3.97. The Kier molecular flexibility index (Phi) is 6.87. The second-order valence-corrected chi connectivity index (χ2v) is 9.86. The van der Waals surface area contributed by atoms with E-state index in [9.17, 15) is 9.59 Å². The number of benzene rings is 1. The molecule has 3 rings (SSSR count). The molecular weight excluding hydrogens is 388 g/mol. The van der Waals surface area contributed by atoms with Gasteiger partial charge in [-0.1, -0.05) is 31.5 Å². The zero-order chi connectivity index (χ0) is 22.8. The third-order valence-corrected chi connectivity index (χ3v) is 5.78. The molecular formula is C25H36N4O2. The number of piperidine rings is 1. The summed E-state index contributed by atoms with van der Waals surface area (Å²) in [4.78, 5) is 30.1. The lowest BCUT2D eigenvalue weighted by Crippen LogP contribution is -2.45. The number of hydrogen-bond donors (Lipinski definition) is 0. The van der Waals surface area contributed by atoms with E-state index in [1.165, 1.54) is 0 Å². The smallest absolute Gasteiger partial charge is 0.279 e. The van der Waals surface area contributed by atoms with Crippen LogP contribution in [0.5, 0.6) is 0 Å². The molecule has 0 unspecified atom stereocenters. The molecule has 31 heavy (non-hydrogen) atoms. The lowest BCUT2D eigenvalue weighted by Gasteiger charge is -2.30. The number of carbonyl (C=O) groups is 2. The molecule has 0 bridgehead atoms. The maximum atomic E-state index is 13.6. The standard InChI is InChI=1S/C25H36N4O2/c1-18(2)22-16-21(26-29(22)25(4,5)6)24(31)28(20-12-10-19(3)11-13-20)17-23(30)27-14-8-7-9-15-27/h10-13,16,18H,7-9,14-15,17H2,1-6H3. The first kappa shape index (κ1) is 23.0. The first-order valence-corrected chi connectivity index (χ1v) is 11.3. The highest BCUT2D eigenvalue weighted by Gasteiger charge is 2.29. The van der Waals surface area contributed by atoms with Crippen LogP contribution in [0.1, 0.15) is 81.5 Å². The third kappa shape index (κ3) is 5.35. The van der Waals surface area contributed by atoms with Crippen molar-refractivity contribution in [2.75, 3.05) is 24.5 Å². The van der Waals surface area contributed by atoms with Crippen LogP contribution in [0.4, 0.5) is 5.69 Å². The molecule has 1 aliphatic heterocycles. The summed E-state index contributed by atoms with van der Waals surface area (Å²) >= 11 is 0. The van der Waals surface area contributed by atoms with Gasteiger partial charge in [0.15, 0.2) is 5.69 Å². The monoisotopic (exact) mass is 424 g/mol. The van der Waals surface area contributed by atoms with Gasteiger partial charge in [-0.15, -0.1) is 0 Å². The van der Waals surface area contributed by atoms with Crippen LogP contribution in [0.25, 0.3) is 0 Å². The van der Waals surface area contributed by atoms with Crippen LogP contribution in [0.15, 0.2) is 30.3 Å². The largest absolute Gasteiger partial charge is 0.341 e. The number of aromatic nitrogens is 2. The Hall–Kier alpha value is -2.63. The van der Waals surface area contributed by atoms with Crippen molar-refractivity contribution in [2.45, 2.75) is 72.3 Å². The molecule has 168 valence electrons. The average Bonchev–Trinajstić information content (AvgIpc) is 3.19. The molecule has 1 aliphatic rings. The van der Waals surface area contributed by atoms with Gasteiger partial charge in [-0.3, -0.25) is 19.2 Å². The van der Waals surface area contributed by atoms with Crippen LogP contribution in [0.3, 0.4) is 0 Å². The van der Waals surface area contributed by atoms with Crippen LogP contribution in [-0.2, 0) is 10.3 Å². The highest BCUT2D eigenvalue weighted by atomic mass is 16.2. The maximum Gasteiger partial charge on any atom is 0.279 e. The second-order valence-electron chi connectivity index (χ2n) is 9.86. The fourth-order valence-electron chi connectivity index (χ4n) is 3.97. The van der Waals surface area contributed by atoms with Crippen molar-refractivity contribution in [1.82, 2.24) is 14.7 Å². The van der Waals surface area contributed by atoms with Gasteiger partial charge in [0.05, 0.1) is 5.54 Å². The lowest BCUT2D eigenvalue weighted by atomic mass is 10.1. The number of rotatable bonds is 5. The SMILES string of the molecule is Cc1ccc(N(CC(=O)N2CCCCC2)C(=O)c2cc(C(C)C)n(C(C)(C)C)n2)cc1. The lowest BCUT2D eigenvalue weighted by molar-refractivity contribution is -0.130. The molecule has 1 fully saturated rings. The van der Waals surface area contributed by atoms with Gasteiger partial charge in [-0.2, -0.15) is 5.10 Å². The van der Waals surface area contributed by atoms with Crippen LogP contribution in [0, 0.1) is 6.92 Å². The highest BCUT2D eigenvalue weighted by Crippen LogP contribution is 2.25. The second kappa shape index (κ2) is 9.25. The van der Waals surface area contributed by atoms with Crippen molar-refractivity contribution in [2.24, 2.45) is 0 Å². The molecule has 0 atom stereocenters.